The SMILES string of the molecule is CC(N)c1cccc(OC(C)c2cccnc2)c1. The lowest BCUT2D eigenvalue weighted by Crippen LogP contribution is -2.06. The number of ether oxygens (including phenoxy) is 1. The van der Waals surface area contributed by atoms with Gasteiger partial charge in [0.25, 0.3) is 0 Å². The molecule has 0 aliphatic heterocycles. The molecule has 0 amide bonds. The molecule has 0 saturated heterocycles. The highest BCUT2D eigenvalue weighted by molar-refractivity contribution is 5.30. The minimum Gasteiger partial charge on any atom is -0.486 e. The Morgan fingerprint density at radius 1 is 1.11 bits per heavy atom. The van der Waals surface area contributed by atoms with E-state index < -0.39 is 0 Å². The molecule has 0 saturated carbocycles. The van der Waals surface area contributed by atoms with Crippen LogP contribution in [0.25, 0.3) is 0 Å². The van der Waals surface area contributed by atoms with Gasteiger partial charge in [0.2, 0.25) is 0 Å². The molecule has 0 bridgehead atoms. The summed E-state index contributed by atoms with van der Waals surface area (Å²) in [5, 5.41) is 0. The van der Waals surface area contributed by atoms with Crippen molar-refractivity contribution in [2.24, 2.45) is 5.73 Å². The van der Waals surface area contributed by atoms with Gasteiger partial charge < -0.3 is 10.5 Å². The van der Waals surface area contributed by atoms with Gasteiger partial charge in [0.05, 0.1) is 0 Å². The van der Waals surface area contributed by atoms with Gasteiger partial charge in [0.15, 0.2) is 0 Å². The molecule has 3 heteroatoms. The molecule has 0 radical (unpaired) electrons. The van der Waals surface area contributed by atoms with E-state index in [0.717, 1.165) is 16.9 Å². The summed E-state index contributed by atoms with van der Waals surface area (Å²) in [4.78, 5) is 4.09. The first-order chi connectivity index (χ1) is 8.66. The van der Waals surface area contributed by atoms with E-state index in [2.05, 4.69) is 4.98 Å². The highest BCUT2D eigenvalue weighted by Gasteiger charge is 2.08. The molecule has 18 heavy (non-hydrogen) atoms. The lowest BCUT2D eigenvalue weighted by molar-refractivity contribution is 0.226. The Labute approximate surface area is 108 Å². The van der Waals surface area contributed by atoms with E-state index in [-0.39, 0.29) is 12.1 Å². The molecular formula is C15H18N2O. The Kier molecular flexibility index (Phi) is 3.95. The number of aromatic nitrogens is 1. The molecule has 1 heterocycles. The van der Waals surface area contributed by atoms with Gasteiger partial charge in [-0.25, -0.2) is 0 Å². The van der Waals surface area contributed by atoms with Gasteiger partial charge in [-0.1, -0.05) is 18.2 Å². The quantitative estimate of drug-likeness (QED) is 0.895. The monoisotopic (exact) mass is 242 g/mol. The fourth-order valence-corrected chi connectivity index (χ4v) is 1.76. The predicted octanol–water partition coefficient (Wildman–Crippen LogP) is 3.24. The normalized spacial score (nSPS) is 13.9. The van der Waals surface area contributed by atoms with Crippen molar-refractivity contribution >= 4 is 0 Å². The van der Waals surface area contributed by atoms with Crippen LogP contribution in [0.2, 0.25) is 0 Å². The van der Waals surface area contributed by atoms with E-state index >= 15 is 0 Å². The summed E-state index contributed by atoms with van der Waals surface area (Å²) in [6.07, 6.45) is 3.55. The van der Waals surface area contributed by atoms with Crippen molar-refractivity contribution in [2.75, 3.05) is 0 Å². The summed E-state index contributed by atoms with van der Waals surface area (Å²) in [5.74, 6) is 0.834. The molecule has 0 aliphatic rings. The van der Waals surface area contributed by atoms with E-state index in [1.165, 1.54) is 0 Å². The standard InChI is InChI=1S/C15H18N2O/c1-11(16)13-5-3-7-15(9-13)18-12(2)14-6-4-8-17-10-14/h3-12H,16H2,1-2H3. The van der Waals surface area contributed by atoms with Gasteiger partial charge in [-0.3, -0.25) is 4.98 Å². The molecule has 0 fully saturated rings. The molecule has 1 aromatic carbocycles. The molecule has 3 nitrogen and oxygen atoms in total. The van der Waals surface area contributed by atoms with Crippen LogP contribution in [0.15, 0.2) is 48.8 Å². The first-order valence-electron chi connectivity index (χ1n) is 6.09. The molecule has 2 rings (SSSR count). The number of benzene rings is 1. The zero-order valence-corrected chi connectivity index (χ0v) is 10.7. The third-order valence-electron chi connectivity index (χ3n) is 2.85. The van der Waals surface area contributed by atoms with Crippen molar-refractivity contribution in [1.29, 1.82) is 0 Å². The smallest absolute Gasteiger partial charge is 0.122 e. The maximum atomic E-state index is 5.90. The van der Waals surface area contributed by atoms with E-state index in [9.17, 15) is 0 Å². The van der Waals surface area contributed by atoms with Crippen molar-refractivity contribution in [2.45, 2.75) is 26.0 Å². The number of pyridine rings is 1. The van der Waals surface area contributed by atoms with E-state index in [1.54, 1.807) is 6.20 Å². The second kappa shape index (κ2) is 5.65. The van der Waals surface area contributed by atoms with Crippen molar-refractivity contribution in [3.05, 3.63) is 59.9 Å². The zero-order chi connectivity index (χ0) is 13.0. The summed E-state index contributed by atoms with van der Waals surface area (Å²) in [6, 6.07) is 11.8. The van der Waals surface area contributed by atoms with Crippen LogP contribution in [0.1, 0.15) is 37.1 Å². The zero-order valence-electron chi connectivity index (χ0n) is 10.7. The molecule has 2 aromatic rings. The third kappa shape index (κ3) is 3.08. The molecule has 2 unspecified atom stereocenters. The largest absolute Gasteiger partial charge is 0.486 e. The van der Waals surface area contributed by atoms with Crippen molar-refractivity contribution in [3.8, 4) is 5.75 Å². The van der Waals surface area contributed by atoms with Gasteiger partial charge in [0.1, 0.15) is 11.9 Å². The minimum atomic E-state index is -0.0259. The Bertz CT molecular complexity index is 497. The minimum absolute atomic E-state index is 0.0160. The lowest BCUT2D eigenvalue weighted by Gasteiger charge is -2.16. The average molecular weight is 242 g/mol. The Morgan fingerprint density at radius 3 is 2.56 bits per heavy atom. The van der Waals surface area contributed by atoms with Gasteiger partial charge in [-0.15, -0.1) is 0 Å². The fourth-order valence-electron chi connectivity index (χ4n) is 1.76. The molecule has 2 N–H and O–H groups in total. The number of hydrogen-bond acceptors (Lipinski definition) is 3. The maximum absolute atomic E-state index is 5.90. The van der Waals surface area contributed by atoms with Crippen LogP contribution in [0.3, 0.4) is 0 Å². The number of nitrogens with zero attached hydrogens (tertiary/aromatic N) is 1. The number of nitrogens with two attached hydrogens (primary N) is 1. The number of hydrogen-bond donors (Lipinski definition) is 1. The van der Waals surface area contributed by atoms with Crippen LogP contribution in [-0.4, -0.2) is 4.98 Å². The van der Waals surface area contributed by atoms with Crippen LogP contribution in [0.5, 0.6) is 5.75 Å². The second-order valence-corrected chi connectivity index (χ2v) is 4.41. The highest BCUT2D eigenvalue weighted by atomic mass is 16.5. The molecule has 1 aromatic heterocycles. The fraction of sp³-hybridized carbons (Fsp3) is 0.267. The predicted molar refractivity (Wildman–Crippen MR) is 72.3 cm³/mol. The van der Waals surface area contributed by atoms with Crippen molar-refractivity contribution in [3.63, 3.8) is 0 Å². The van der Waals surface area contributed by atoms with Gasteiger partial charge in [0, 0.05) is 24.0 Å². The molecule has 0 spiro atoms. The summed E-state index contributed by atoms with van der Waals surface area (Å²) in [7, 11) is 0. The Morgan fingerprint density at radius 2 is 1.89 bits per heavy atom. The van der Waals surface area contributed by atoms with Gasteiger partial charge >= 0.3 is 0 Å². The summed E-state index contributed by atoms with van der Waals surface area (Å²) in [6.45, 7) is 3.97. The summed E-state index contributed by atoms with van der Waals surface area (Å²) >= 11 is 0. The van der Waals surface area contributed by atoms with Crippen LogP contribution < -0.4 is 10.5 Å². The maximum Gasteiger partial charge on any atom is 0.122 e. The molecular weight excluding hydrogens is 224 g/mol. The van der Waals surface area contributed by atoms with Gasteiger partial charge in [-0.2, -0.15) is 0 Å². The second-order valence-electron chi connectivity index (χ2n) is 4.41. The van der Waals surface area contributed by atoms with E-state index in [1.807, 2.05) is 56.4 Å². The lowest BCUT2D eigenvalue weighted by atomic mass is 10.1. The van der Waals surface area contributed by atoms with E-state index in [4.69, 9.17) is 10.5 Å². The molecule has 0 aliphatic carbocycles. The first-order valence-corrected chi connectivity index (χ1v) is 6.09. The molecule has 2 atom stereocenters. The van der Waals surface area contributed by atoms with Crippen molar-refractivity contribution < 1.29 is 4.74 Å². The Hall–Kier alpha value is -1.87. The molecule has 94 valence electrons. The summed E-state index contributed by atoms with van der Waals surface area (Å²) in [5.41, 5.74) is 7.99. The van der Waals surface area contributed by atoms with Crippen LogP contribution in [0.4, 0.5) is 0 Å². The average Bonchev–Trinajstić information content (AvgIpc) is 2.40. The van der Waals surface area contributed by atoms with Gasteiger partial charge in [-0.05, 0) is 37.6 Å². The summed E-state index contributed by atoms with van der Waals surface area (Å²) < 4.78 is 5.90. The topological polar surface area (TPSA) is 48.1 Å². The highest BCUT2D eigenvalue weighted by Crippen LogP contribution is 2.23. The van der Waals surface area contributed by atoms with Crippen LogP contribution in [-0.2, 0) is 0 Å². The number of rotatable bonds is 4. The first kappa shape index (κ1) is 12.6. The van der Waals surface area contributed by atoms with E-state index in [0.29, 0.717) is 0 Å². The van der Waals surface area contributed by atoms with Crippen LogP contribution >= 0.6 is 0 Å². The van der Waals surface area contributed by atoms with Crippen molar-refractivity contribution in [1.82, 2.24) is 4.98 Å². The Balaban J connectivity index is 2.12. The van der Waals surface area contributed by atoms with Crippen LogP contribution in [0, 0.1) is 0 Å². The third-order valence-corrected chi connectivity index (χ3v) is 2.85.